The first-order valence-electron chi connectivity index (χ1n) is 18.8. The first kappa shape index (κ1) is 45.8. The fraction of sp³-hybridized carbons (Fsp3) is 0.744. The van der Waals surface area contributed by atoms with E-state index >= 15 is 0 Å². The third kappa shape index (κ3) is 18.0. The Hall–Kier alpha value is -3.36. The third-order valence-electron chi connectivity index (χ3n) is 8.87. The number of hydrogen-bond acceptors (Lipinski definition) is 10. The second-order valence-corrected chi connectivity index (χ2v) is 22.7. The number of methoxy groups -OCH3 is 1. The number of nitrogens with zero attached hydrogens (tertiary/aromatic N) is 3. The molecule has 0 unspecified atom stereocenters. The van der Waals surface area contributed by atoms with Crippen LogP contribution in [0.15, 0.2) is 18.2 Å². The number of amides is 3. The van der Waals surface area contributed by atoms with Crippen LogP contribution in [0.1, 0.15) is 90.4 Å². The van der Waals surface area contributed by atoms with E-state index in [9.17, 15) is 19.2 Å². The molecule has 0 saturated carbocycles. The van der Waals surface area contributed by atoms with Crippen LogP contribution in [0.5, 0.6) is 11.5 Å². The van der Waals surface area contributed by atoms with Gasteiger partial charge in [0.15, 0.2) is 24.1 Å². The van der Waals surface area contributed by atoms with E-state index in [0.29, 0.717) is 68.6 Å². The van der Waals surface area contributed by atoms with Gasteiger partial charge in [0, 0.05) is 66.3 Å². The van der Waals surface area contributed by atoms with Gasteiger partial charge in [0.25, 0.3) is 0 Å². The van der Waals surface area contributed by atoms with Gasteiger partial charge in [-0.2, -0.15) is 0 Å². The molecule has 0 atom stereocenters. The largest absolute Gasteiger partial charge is 0.493 e. The van der Waals surface area contributed by atoms with Gasteiger partial charge in [0.2, 0.25) is 5.91 Å². The van der Waals surface area contributed by atoms with Crippen LogP contribution in [-0.4, -0.2) is 119 Å². The Morgan fingerprint density at radius 3 is 1.70 bits per heavy atom. The molecular weight excluding hydrogens is 699 g/mol. The van der Waals surface area contributed by atoms with Gasteiger partial charge in [0.05, 0.1) is 14.2 Å². The van der Waals surface area contributed by atoms with Gasteiger partial charge in [-0.05, 0) is 103 Å². The Morgan fingerprint density at radius 1 is 0.774 bits per heavy atom. The fourth-order valence-electron chi connectivity index (χ4n) is 5.65. The molecule has 0 aromatic heterocycles. The van der Waals surface area contributed by atoms with Crippen molar-refractivity contribution in [2.45, 2.75) is 117 Å². The Balaban J connectivity index is 0.000000415. The summed E-state index contributed by atoms with van der Waals surface area (Å²) >= 11 is 0. The predicted molar refractivity (Wildman–Crippen MR) is 207 cm³/mol. The summed E-state index contributed by atoms with van der Waals surface area (Å²) in [5.74, 6) is 1.68. The number of ether oxygens (including phenoxy) is 5. The van der Waals surface area contributed by atoms with Crippen molar-refractivity contribution in [3.63, 3.8) is 0 Å². The average Bonchev–Trinajstić information content (AvgIpc) is 3.06. The molecule has 0 N–H and O–H groups in total. The highest BCUT2D eigenvalue weighted by Crippen LogP contribution is 2.30. The molecule has 0 aliphatic carbocycles. The van der Waals surface area contributed by atoms with Gasteiger partial charge >= 0.3 is 12.2 Å². The van der Waals surface area contributed by atoms with Crippen LogP contribution in [0, 0.1) is 11.8 Å². The highest BCUT2D eigenvalue weighted by atomic mass is 28.3. The zero-order chi connectivity index (χ0) is 40.0. The molecule has 1 aromatic rings. The summed E-state index contributed by atoms with van der Waals surface area (Å²) in [6.45, 7) is 21.4. The quantitative estimate of drug-likeness (QED) is 0.0649. The highest BCUT2D eigenvalue weighted by molar-refractivity contribution is 6.76. The van der Waals surface area contributed by atoms with E-state index in [-0.39, 0.29) is 36.6 Å². The van der Waals surface area contributed by atoms with E-state index in [1.165, 1.54) is 12.2 Å². The van der Waals surface area contributed by atoms with Crippen molar-refractivity contribution in [2.24, 2.45) is 11.8 Å². The number of hydroxylamine groups is 2. The smallest absolute Gasteiger partial charge is 0.410 e. The normalized spacial score (nSPS) is 15.9. The number of rotatable bonds is 13. The van der Waals surface area contributed by atoms with E-state index in [0.717, 1.165) is 31.7 Å². The standard InChI is InChI=1S/C25H41NO6Si.C14H26N2O4/c1-25(2,3)32-24(28)26-12-10-19(11-13-26)16-21(27)20-8-9-22(23(17-20)29-4)31-18-30-14-15-33(5,6)7;1-14(2,3)20-13(18)16-8-6-11(7-9-16)10-12(17)15(4)19-5/h8-9,17,19H,10-16,18H2,1-7H3;11H,6-10H2,1-5H3. The lowest BCUT2D eigenvalue weighted by atomic mass is 9.90. The lowest BCUT2D eigenvalue weighted by molar-refractivity contribution is -0.170. The monoisotopic (exact) mass is 765 g/mol. The summed E-state index contributed by atoms with van der Waals surface area (Å²) in [7, 11) is 3.52. The molecule has 0 bridgehead atoms. The number of Topliss-reactive ketones (excluding diaryl/α,β-unsaturated/α-hetero) is 1. The molecule has 1 aromatic carbocycles. The molecule has 2 saturated heterocycles. The minimum atomic E-state index is -1.13. The maximum Gasteiger partial charge on any atom is 0.410 e. The third-order valence-corrected chi connectivity index (χ3v) is 10.6. The molecule has 2 heterocycles. The van der Waals surface area contributed by atoms with Crippen molar-refractivity contribution in [3.8, 4) is 11.5 Å². The number of ketones is 1. The van der Waals surface area contributed by atoms with Crippen LogP contribution in [-0.2, 0) is 23.8 Å². The minimum absolute atomic E-state index is 0.0248. The summed E-state index contributed by atoms with van der Waals surface area (Å²) in [4.78, 5) is 57.0. The minimum Gasteiger partial charge on any atom is -0.493 e. The lowest BCUT2D eigenvalue weighted by Gasteiger charge is -2.33. The van der Waals surface area contributed by atoms with Crippen LogP contribution in [0.4, 0.5) is 9.59 Å². The van der Waals surface area contributed by atoms with Crippen molar-refractivity contribution in [1.29, 1.82) is 0 Å². The Labute approximate surface area is 318 Å². The van der Waals surface area contributed by atoms with E-state index in [4.69, 9.17) is 28.5 Å². The summed E-state index contributed by atoms with van der Waals surface area (Å²) in [6.07, 6.45) is 3.59. The Kier molecular flexibility index (Phi) is 18.1. The van der Waals surface area contributed by atoms with Gasteiger partial charge in [-0.25, -0.2) is 14.7 Å². The predicted octanol–water partition coefficient (Wildman–Crippen LogP) is 7.65. The van der Waals surface area contributed by atoms with Crippen LogP contribution in [0.25, 0.3) is 0 Å². The number of hydrogen-bond donors (Lipinski definition) is 0. The average molecular weight is 766 g/mol. The molecule has 0 radical (unpaired) electrons. The Morgan fingerprint density at radius 2 is 1.26 bits per heavy atom. The molecule has 53 heavy (non-hydrogen) atoms. The van der Waals surface area contributed by atoms with E-state index in [2.05, 4.69) is 19.6 Å². The molecular formula is C39H67N3O10Si. The van der Waals surface area contributed by atoms with Gasteiger partial charge in [0.1, 0.15) is 11.2 Å². The van der Waals surface area contributed by atoms with Gasteiger partial charge in [-0.1, -0.05) is 19.6 Å². The van der Waals surface area contributed by atoms with Crippen LogP contribution < -0.4 is 9.47 Å². The zero-order valence-electron chi connectivity index (χ0n) is 34.5. The SMILES string of the molecule is CON(C)C(=O)CC1CCN(C(=O)OC(C)(C)C)CC1.COc1cc(C(=O)CC2CCN(C(=O)OC(C)(C)C)CC2)ccc1OCOCC[Si](C)(C)C. The van der Waals surface area contributed by atoms with E-state index < -0.39 is 19.3 Å². The number of likely N-dealkylation sites (tertiary alicyclic amines) is 2. The summed E-state index contributed by atoms with van der Waals surface area (Å²) in [6, 6.07) is 6.35. The van der Waals surface area contributed by atoms with Crippen LogP contribution in [0.2, 0.25) is 25.7 Å². The summed E-state index contributed by atoms with van der Waals surface area (Å²) in [5.41, 5.74) is -0.363. The van der Waals surface area contributed by atoms with Crippen molar-refractivity contribution < 1.29 is 47.7 Å². The number of piperidine rings is 2. The molecule has 3 amide bonds. The second-order valence-electron chi connectivity index (χ2n) is 17.1. The molecule has 0 spiro atoms. The number of carbonyl (C=O) groups is 4. The van der Waals surface area contributed by atoms with Gasteiger partial charge < -0.3 is 33.5 Å². The van der Waals surface area contributed by atoms with Crippen molar-refractivity contribution >= 4 is 32.0 Å². The fourth-order valence-corrected chi connectivity index (χ4v) is 6.41. The van der Waals surface area contributed by atoms with Crippen molar-refractivity contribution in [2.75, 3.05) is 60.8 Å². The van der Waals surface area contributed by atoms with Gasteiger partial charge in [-0.15, -0.1) is 0 Å². The molecule has 3 rings (SSSR count). The van der Waals surface area contributed by atoms with Crippen LogP contribution >= 0.6 is 0 Å². The molecule has 2 aliphatic rings. The molecule has 302 valence electrons. The molecule has 2 aliphatic heterocycles. The highest BCUT2D eigenvalue weighted by Gasteiger charge is 2.30. The Bertz CT molecular complexity index is 1320. The molecule has 14 heteroatoms. The topological polar surface area (TPSA) is 133 Å². The van der Waals surface area contributed by atoms with Crippen LogP contribution in [0.3, 0.4) is 0 Å². The summed E-state index contributed by atoms with van der Waals surface area (Å²) in [5, 5.41) is 1.25. The number of benzene rings is 1. The van der Waals surface area contributed by atoms with Gasteiger partial charge in [-0.3, -0.25) is 14.4 Å². The van der Waals surface area contributed by atoms with Crippen molar-refractivity contribution in [1.82, 2.24) is 14.9 Å². The van der Waals surface area contributed by atoms with Crippen molar-refractivity contribution in [3.05, 3.63) is 23.8 Å². The lowest BCUT2D eigenvalue weighted by Crippen LogP contribution is -2.42. The van der Waals surface area contributed by atoms with E-state index in [1.54, 1.807) is 42.2 Å². The first-order chi connectivity index (χ1) is 24.6. The summed E-state index contributed by atoms with van der Waals surface area (Å²) < 4.78 is 27.5. The number of carbonyl (C=O) groups excluding carboxylic acids is 4. The molecule has 2 fully saturated rings. The second kappa shape index (κ2) is 20.9. The zero-order valence-corrected chi connectivity index (χ0v) is 35.5. The van der Waals surface area contributed by atoms with E-state index in [1.807, 2.05) is 41.5 Å². The maximum absolute atomic E-state index is 12.9. The molecule has 13 nitrogen and oxygen atoms in total. The first-order valence-corrected chi connectivity index (χ1v) is 22.5. The maximum atomic E-state index is 12.9.